The quantitative estimate of drug-likeness (QED) is 0.0578. The Hall–Kier alpha value is -0.950. The lowest BCUT2D eigenvalue weighted by Crippen LogP contribution is -2.41. The van der Waals surface area contributed by atoms with Crippen molar-refractivity contribution in [3.05, 3.63) is 36.8 Å². The number of hydrogen-bond donors (Lipinski definition) is 1. The molecule has 0 saturated heterocycles. The Morgan fingerprint density at radius 2 is 0.897 bits per heavy atom. The summed E-state index contributed by atoms with van der Waals surface area (Å²) in [6.45, 7) is 6.83. The Labute approximate surface area is 243 Å². The molecule has 0 amide bonds. The van der Waals surface area contributed by atoms with Crippen LogP contribution in [-0.4, -0.2) is 41.0 Å². The predicted molar refractivity (Wildman–Crippen MR) is 167 cm³/mol. The van der Waals surface area contributed by atoms with E-state index in [1.807, 2.05) is 0 Å². The van der Waals surface area contributed by atoms with E-state index in [0.29, 0.717) is 0 Å². The molecule has 39 heavy (non-hydrogen) atoms. The minimum Gasteiger partial charge on any atom is -0.748 e. The molecule has 230 valence electrons. The van der Waals surface area contributed by atoms with Gasteiger partial charge in [-0.2, -0.15) is 0 Å². The van der Waals surface area contributed by atoms with E-state index in [-0.39, 0.29) is 11.0 Å². The van der Waals surface area contributed by atoms with E-state index in [9.17, 15) is 18.1 Å². The van der Waals surface area contributed by atoms with Gasteiger partial charge in [-0.05, 0) is 56.8 Å². The lowest BCUT2D eigenvalue weighted by atomic mass is 10.1. The van der Waals surface area contributed by atoms with Crippen molar-refractivity contribution in [2.24, 2.45) is 0 Å². The second-order valence-electron chi connectivity index (χ2n) is 11.4. The number of nitrogens with zero attached hydrogens (tertiary/aromatic N) is 1. The largest absolute Gasteiger partial charge is 0.748 e. The zero-order valence-corrected chi connectivity index (χ0v) is 26.6. The van der Waals surface area contributed by atoms with Crippen LogP contribution in [0.15, 0.2) is 36.8 Å². The van der Waals surface area contributed by atoms with Crippen LogP contribution in [0.4, 0.5) is 0 Å². The Kier molecular flexibility index (Phi) is 25.3. The van der Waals surface area contributed by atoms with E-state index in [2.05, 4.69) is 57.6 Å². The lowest BCUT2D eigenvalue weighted by molar-refractivity contribution is -0.777. The number of quaternary nitrogens is 1. The molecule has 5 nitrogen and oxygen atoms in total. The Bertz CT molecular complexity index is 665. The van der Waals surface area contributed by atoms with E-state index in [0.717, 1.165) is 38.5 Å². The van der Waals surface area contributed by atoms with Crippen LogP contribution in [0.1, 0.15) is 156 Å². The van der Waals surface area contributed by atoms with E-state index in [1.54, 1.807) is 0 Å². The number of hydrogen-bond acceptors (Lipinski definition) is 4. The Balaban J connectivity index is 5.40. The fourth-order valence-electron chi connectivity index (χ4n) is 4.92. The van der Waals surface area contributed by atoms with Crippen LogP contribution in [-0.2, 0) is 10.1 Å². The van der Waals surface area contributed by atoms with Gasteiger partial charge in [0.05, 0.1) is 15.9 Å². The van der Waals surface area contributed by atoms with E-state index in [4.69, 9.17) is 0 Å². The molecule has 0 spiro atoms. The monoisotopic (exact) mass is 569 g/mol. The molecule has 0 fully saturated rings. The summed E-state index contributed by atoms with van der Waals surface area (Å²) in [5.41, 5.74) is 0. The summed E-state index contributed by atoms with van der Waals surface area (Å²) in [5, 5.41) is 10.6. The van der Waals surface area contributed by atoms with Crippen molar-refractivity contribution >= 4 is 10.1 Å². The van der Waals surface area contributed by atoms with Crippen LogP contribution < -0.4 is 0 Å². The first-order valence-corrected chi connectivity index (χ1v) is 17.9. The van der Waals surface area contributed by atoms with Gasteiger partial charge in [0.25, 0.3) is 0 Å². The van der Waals surface area contributed by atoms with Gasteiger partial charge in [-0.15, -0.1) is 0 Å². The molecule has 0 aromatic rings. The molecular formula is C33H63NO4S. The van der Waals surface area contributed by atoms with E-state index >= 15 is 0 Å². The second kappa shape index (κ2) is 26.0. The van der Waals surface area contributed by atoms with Gasteiger partial charge in [0.1, 0.15) is 31.2 Å². The number of allylic oxidation sites excluding steroid dienone is 3. The van der Waals surface area contributed by atoms with Crippen molar-refractivity contribution in [3.63, 3.8) is 0 Å². The topological polar surface area (TPSA) is 77.4 Å². The molecule has 0 aromatic carbocycles. The molecule has 1 atom stereocenters. The number of unbranched alkanes of at least 4 members (excludes halogenated alkanes) is 18. The third-order valence-corrected chi connectivity index (χ3v) is 8.04. The van der Waals surface area contributed by atoms with Crippen LogP contribution in [0.2, 0.25) is 0 Å². The molecule has 0 saturated carbocycles. The standard InChI is InChI=1S/C33H63NO4S/c1-4-7-10-13-16-19-22-25-28-34(31-33(35)32-39(36,37)38,29-26-23-20-17-14-11-8-5-2)30-27-24-21-18-15-12-9-6-3/h25-30,33,35H,4-24,31-32H2,1-3H3/b28-25+,29-26+,30-27+. The third kappa shape index (κ3) is 25.7. The van der Waals surface area contributed by atoms with Gasteiger partial charge in [-0.3, -0.25) is 0 Å². The van der Waals surface area contributed by atoms with Crippen LogP contribution >= 0.6 is 0 Å². The highest BCUT2D eigenvalue weighted by molar-refractivity contribution is 7.85. The van der Waals surface area contributed by atoms with Gasteiger partial charge in [-0.25, -0.2) is 12.9 Å². The molecule has 0 bridgehead atoms. The van der Waals surface area contributed by atoms with Crippen molar-refractivity contribution in [2.45, 2.75) is 162 Å². The molecule has 0 aliphatic heterocycles. The van der Waals surface area contributed by atoms with Gasteiger partial charge in [0, 0.05) is 0 Å². The van der Waals surface area contributed by atoms with E-state index < -0.39 is 22.0 Å². The minimum atomic E-state index is -4.50. The van der Waals surface area contributed by atoms with Gasteiger partial charge in [0.2, 0.25) is 0 Å². The summed E-state index contributed by atoms with van der Waals surface area (Å²) < 4.78 is 34.4. The molecule has 0 radical (unpaired) electrons. The fourth-order valence-corrected chi connectivity index (χ4v) is 5.50. The first-order valence-electron chi connectivity index (χ1n) is 16.3. The molecule has 6 heteroatoms. The van der Waals surface area contributed by atoms with Crippen molar-refractivity contribution in [2.75, 3.05) is 12.3 Å². The fraction of sp³-hybridized carbons (Fsp3) is 0.818. The average Bonchev–Trinajstić information content (AvgIpc) is 2.87. The maximum Gasteiger partial charge on any atom is 0.119 e. The summed E-state index contributed by atoms with van der Waals surface area (Å²) in [7, 11) is -4.50. The van der Waals surface area contributed by atoms with Crippen molar-refractivity contribution < 1.29 is 22.6 Å². The maximum atomic E-state index is 11.4. The predicted octanol–water partition coefficient (Wildman–Crippen LogP) is 9.50. The molecule has 1 unspecified atom stereocenters. The van der Waals surface area contributed by atoms with Gasteiger partial charge in [0.15, 0.2) is 0 Å². The average molecular weight is 570 g/mol. The highest BCUT2D eigenvalue weighted by Gasteiger charge is 2.25. The molecule has 0 aromatic heterocycles. The summed E-state index contributed by atoms with van der Waals surface area (Å²) in [6, 6.07) is 0. The smallest absolute Gasteiger partial charge is 0.119 e. The molecule has 0 aliphatic rings. The van der Waals surface area contributed by atoms with Crippen LogP contribution in [0.5, 0.6) is 0 Å². The zero-order valence-electron chi connectivity index (χ0n) is 25.8. The lowest BCUT2D eigenvalue weighted by Gasteiger charge is -2.29. The Morgan fingerprint density at radius 1 is 0.590 bits per heavy atom. The molecule has 0 rings (SSSR count). The highest BCUT2D eigenvalue weighted by atomic mass is 32.2. The minimum absolute atomic E-state index is 0.147. The van der Waals surface area contributed by atoms with Crippen molar-refractivity contribution in [1.82, 2.24) is 0 Å². The normalized spacial score (nSPS) is 13.9. The SMILES string of the molecule is CCCCCCCC/C=C/[N+](/C=C/CCCCCCCC)(/C=C/CCCCCCCC)CC(O)CS(=O)(=O)[O-]. The third-order valence-electron chi connectivity index (χ3n) is 7.25. The van der Waals surface area contributed by atoms with Crippen LogP contribution in [0.3, 0.4) is 0 Å². The molecule has 1 N–H and O–H groups in total. The zero-order chi connectivity index (χ0) is 29.1. The van der Waals surface area contributed by atoms with Crippen molar-refractivity contribution in [3.8, 4) is 0 Å². The molecule has 0 aliphatic carbocycles. The van der Waals surface area contributed by atoms with Gasteiger partial charge >= 0.3 is 0 Å². The second-order valence-corrected chi connectivity index (χ2v) is 12.8. The van der Waals surface area contributed by atoms with Gasteiger partial charge in [-0.1, -0.05) is 117 Å². The number of aliphatic hydroxyl groups excluding tert-OH is 1. The number of aliphatic hydroxyl groups is 1. The molecule has 0 heterocycles. The first kappa shape index (κ1) is 38.0. The summed E-state index contributed by atoms with van der Waals surface area (Å²) >= 11 is 0. The maximum absolute atomic E-state index is 11.4. The van der Waals surface area contributed by atoms with Crippen molar-refractivity contribution in [1.29, 1.82) is 0 Å². The Morgan fingerprint density at radius 3 is 1.21 bits per heavy atom. The summed E-state index contributed by atoms with van der Waals surface area (Å²) in [6.07, 6.45) is 36.7. The summed E-state index contributed by atoms with van der Waals surface area (Å²) in [5.74, 6) is -0.755. The first-order chi connectivity index (χ1) is 18.8. The molecular weight excluding hydrogens is 506 g/mol. The van der Waals surface area contributed by atoms with Gasteiger partial charge < -0.3 is 9.66 Å². The highest BCUT2D eigenvalue weighted by Crippen LogP contribution is 2.19. The van der Waals surface area contributed by atoms with E-state index in [1.165, 1.54) is 96.3 Å². The van der Waals surface area contributed by atoms with Crippen LogP contribution in [0.25, 0.3) is 0 Å². The number of rotatable bonds is 28. The summed E-state index contributed by atoms with van der Waals surface area (Å²) in [4.78, 5) is 0. The van der Waals surface area contributed by atoms with Crippen LogP contribution in [0, 0.1) is 0 Å².